The minimum atomic E-state index is -4.73. The SMILES string of the molecule is O=C(O)CC1CCCN1c1ccc(OCc2cccc(OC(F)(F)F)c2)cc1. The van der Waals surface area contributed by atoms with E-state index < -0.39 is 12.3 Å². The number of nitrogens with zero attached hydrogens (tertiary/aromatic N) is 1. The summed E-state index contributed by atoms with van der Waals surface area (Å²) in [6.07, 6.45) is -2.83. The Bertz CT molecular complexity index is 808. The largest absolute Gasteiger partial charge is 0.573 e. The zero-order chi connectivity index (χ0) is 20.1. The third kappa shape index (κ3) is 5.55. The van der Waals surface area contributed by atoms with Crippen LogP contribution in [-0.2, 0) is 11.4 Å². The molecule has 0 radical (unpaired) electrons. The van der Waals surface area contributed by atoms with E-state index in [2.05, 4.69) is 9.64 Å². The summed E-state index contributed by atoms with van der Waals surface area (Å²) in [6, 6.07) is 12.9. The van der Waals surface area contributed by atoms with Gasteiger partial charge in [-0.1, -0.05) is 12.1 Å². The molecule has 0 saturated carbocycles. The summed E-state index contributed by atoms with van der Waals surface area (Å²) in [5, 5.41) is 9.02. The van der Waals surface area contributed by atoms with Crippen molar-refractivity contribution in [2.24, 2.45) is 0 Å². The second-order valence-electron chi connectivity index (χ2n) is 6.57. The highest BCUT2D eigenvalue weighted by molar-refractivity contribution is 5.69. The predicted molar refractivity (Wildman–Crippen MR) is 96.5 cm³/mol. The molecule has 0 amide bonds. The van der Waals surface area contributed by atoms with Gasteiger partial charge < -0.3 is 19.5 Å². The van der Waals surface area contributed by atoms with Gasteiger partial charge in [0.25, 0.3) is 0 Å². The van der Waals surface area contributed by atoms with Crippen molar-refractivity contribution in [2.75, 3.05) is 11.4 Å². The molecular weight excluding hydrogens is 375 g/mol. The van der Waals surface area contributed by atoms with Gasteiger partial charge in [-0.2, -0.15) is 0 Å². The van der Waals surface area contributed by atoms with Crippen LogP contribution >= 0.6 is 0 Å². The maximum absolute atomic E-state index is 12.3. The number of ether oxygens (including phenoxy) is 2. The average Bonchev–Trinajstić information content (AvgIpc) is 3.06. The molecule has 2 aromatic rings. The average molecular weight is 395 g/mol. The van der Waals surface area contributed by atoms with Crippen molar-refractivity contribution < 1.29 is 32.5 Å². The molecule has 150 valence electrons. The minimum absolute atomic E-state index is 0.0133. The molecule has 3 rings (SSSR count). The van der Waals surface area contributed by atoms with Crippen molar-refractivity contribution in [3.63, 3.8) is 0 Å². The highest BCUT2D eigenvalue weighted by atomic mass is 19.4. The first-order chi connectivity index (χ1) is 13.3. The van der Waals surface area contributed by atoms with Crippen LogP contribution in [0.15, 0.2) is 48.5 Å². The van der Waals surface area contributed by atoms with E-state index in [-0.39, 0.29) is 24.8 Å². The number of aliphatic carboxylic acids is 1. The van der Waals surface area contributed by atoms with Crippen molar-refractivity contribution >= 4 is 11.7 Å². The molecule has 1 aliphatic heterocycles. The molecule has 1 heterocycles. The Kier molecular flexibility index (Phi) is 5.96. The summed E-state index contributed by atoms with van der Waals surface area (Å²) in [6.45, 7) is 0.907. The Morgan fingerprint density at radius 3 is 2.57 bits per heavy atom. The van der Waals surface area contributed by atoms with Crippen LogP contribution in [0.2, 0.25) is 0 Å². The zero-order valence-corrected chi connectivity index (χ0v) is 15.0. The Hall–Kier alpha value is -2.90. The molecule has 5 nitrogen and oxygen atoms in total. The maximum Gasteiger partial charge on any atom is 0.573 e. The summed E-state index contributed by atoms with van der Waals surface area (Å²) in [5.41, 5.74) is 1.48. The van der Waals surface area contributed by atoms with E-state index in [9.17, 15) is 18.0 Å². The molecule has 2 aromatic carbocycles. The van der Waals surface area contributed by atoms with Crippen LogP contribution in [0.5, 0.6) is 11.5 Å². The molecule has 28 heavy (non-hydrogen) atoms. The van der Waals surface area contributed by atoms with Crippen molar-refractivity contribution in [3.8, 4) is 11.5 Å². The van der Waals surface area contributed by atoms with Crippen molar-refractivity contribution in [3.05, 3.63) is 54.1 Å². The molecular formula is C20H20F3NO4. The fraction of sp³-hybridized carbons (Fsp3) is 0.350. The lowest BCUT2D eigenvalue weighted by atomic mass is 10.1. The van der Waals surface area contributed by atoms with Crippen LogP contribution in [0.4, 0.5) is 18.9 Å². The molecule has 1 unspecified atom stereocenters. The minimum Gasteiger partial charge on any atom is -0.489 e. The second kappa shape index (κ2) is 8.41. The lowest BCUT2D eigenvalue weighted by molar-refractivity contribution is -0.274. The quantitative estimate of drug-likeness (QED) is 0.742. The van der Waals surface area contributed by atoms with Gasteiger partial charge in [-0.25, -0.2) is 0 Å². The molecule has 0 aliphatic carbocycles. The number of anilines is 1. The number of rotatable bonds is 7. The van der Waals surface area contributed by atoms with Gasteiger partial charge in [0.05, 0.1) is 6.42 Å². The van der Waals surface area contributed by atoms with Crippen molar-refractivity contribution in [1.29, 1.82) is 0 Å². The summed E-state index contributed by atoms with van der Waals surface area (Å²) in [4.78, 5) is 13.1. The van der Waals surface area contributed by atoms with Crippen LogP contribution < -0.4 is 14.4 Å². The highest BCUT2D eigenvalue weighted by Crippen LogP contribution is 2.29. The number of hydrogen-bond acceptors (Lipinski definition) is 4. The number of alkyl halides is 3. The first-order valence-electron chi connectivity index (χ1n) is 8.86. The zero-order valence-electron chi connectivity index (χ0n) is 15.0. The molecule has 1 aliphatic rings. The van der Waals surface area contributed by atoms with Crippen LogP contribution in [0, 0.1) is 0 Å². The normalized spacial score (nSPS) is 16.8. The summed E-state index contributed by atoms with van der Waals surface area (Å²) in [7, 11) is 0. The molecule has 1 saturated heterocycles. The molecule has 1 fully saturated rings. The van der Waals surface area contributed by atoms with E-state index in [4.69, 9.17) is 9.84 Å². The van der Waals surface area contributed by atoms with Gasteiger partial charge in [0.2, 0.25) is 0 Å². The third-order valence-corrected chi connectivity index (χ3v) is 4.49. The summed E-state index contributed by atoms with van der Waals surface area (Å²) >= 11 is 0. The van der Waals surface area contributed by atoms with E-state index in [0.717, 1.165) is 25.1 Å². The molecule has 1 atom stereocenters. The van der Waals surface area contributed by atoms with Gasteiger partial charge in [0.1, 0.15) is 18.1 Å². The summed E-state index contributed by atoms with van der Waals surface area (Å²) in [5.74, 6) is -0.532. The van der Waals surface area contributed by atoms with Crippen LogP contribution in [-0.4, -0.2) is 30.0 Å². The maximum atomic E-state index is 12.3. The molecule has 0 bridgehead atoms. The highest BCUT2D eigenvalue weighted by Gasteiger charge is 2.31. The van der Waals surface area contributed by atoms with E-state index in [1.54, 1.807) is 18.2 Å². The Balaban J connectivity index is 1.59. The van der Waals surface area contributed by atoms with Crippen LogP contribution in [0.1, 0.15) is 24.8 Å². The fourth-order valence-corrected chi connectivity index (χ4v) is 3.32. The molecule has 0 spiro atoms. The number of benzene rings is 2. The number of carbonyl (C=O) groups is 1. The standard InChI is InChI=1S/C20H20F3NO4/c21-20(22,23)28-18-5-1-3-14(11-18)13-27-17-8-6-15(7-9-17)24-10-2-4-16(24)12-19(25)26/h1,3,5-9,11,16H,2,4,10,12-13H2,(H,25,26). The first kappa shape index (κ1) is 19.9. The Morgan fingerprint density at radius 1 is 1.14 bits per heavy atom. The molecule has 1 N–H and O–H groups in total. The van der Waals surface area contributed by atoms with Gasteiger partial charge in [-0.15, -0.1) is 13.2 Å². The Morgan fingerprint density at radius 2 is 1.89 bits per heavy atom. The smallest absolute Gasteiger partial charge is 0.489 e. The van der Waals surface area contributed by atoms with Crippen molar-refractivity contribution in [1.82, 2.24) is 0 Å². The van der Waals surface area contributed by atoms with Gasteiger partial charge in [0.15, 0.2) is 0 Å². The Labute approximate surface area is 160 Å². The predicted octanol–water partition coefficient (Wildman–Crippen LogP) is 4.61. The van der Waals surface area contributed by atoms with Crippen LogP contribution in [0.3, 0.4) is 0 Å². The summed E-state index contributed by atoms with van der Waals surface area (Å²) < 4.78 is 46.4. The van der Waals surface area contributed by atoms with Gasteiger partial charge in [-0.05, 0) is 54.8 Å². The number of hydrogen-bond donors (Lipinski definition) is 1. The van der Waals surface area contributed by atoms with Crippen LogP contribution in [0.25, 0.3) is 0 Å². The number of carboxylic acid groups (broad SMARTS) is 1. The van der Waals surface area contributed by atoms with E-state index in [1.165, 1.54) is 18.2 Å². The van der Waals surface area contributed by atoms with Crippen molar-refractivity contribution in [2.45, 2.75) is 38.3 Å². The van der Waals surface area contributed by atoms with E-state index in [0.29, 0.717) is 11.3 Å². The van der Waals surface area contributed by atoms with Gasteiger partial charge in [0, 0.05) is 18.3 Å². The second-order valence-corrected chi connectivity index (χ2v) is 6.57. The van der Waals surface area contributed by atoms with E-state index >= 15 is 0 Å². The fourth-order valence-electron chi connectivity index (χ4n) is 3.32. The monoisotopic (exact) mass is 395 g/mol. The van der Waals surface area contributed by atoms with E-state index in [1.807, 2.05) is 12.1 Å². The molecule has 8 heteroatoms. The van der Waals surface area contributed by atoms with Gasteiger partial charge in [-0.3, -0.25) is 4.79 Å². The number of carboxylic acids is 1. The number of halogens is 3. The lowest BCUT2D eigenvalue weighted by Gasteiger charge is -2.25. The molecule has 0 aromatic heterocycles. The first-order valence-corrected chi connectivity index (χ1v) is 8.86. The third-order valence-electron chi connectivity index (χ3n) is 4.49. The van der Waals surface area contributed by atoms with Gasteiger partial charge >= 0.3 is 12.3 Å². The topological polar surface area (TPSA) is 59.0 Å². The lowest BCUT2D eigenvalue weighted by Crippen LogP contribution is -2.31.